The van der Waals surface area contributed by atoms with Gasteiger partial charge in [-0.25, -0.2) is 0 Å². The Morgan fingerprint density at radius 3 is 2.91 bits per heavy atom. The molecule has 0 spiro atoms. The average molecular weight is 153 g/mol. The van der Waals surface area contributed by atoms with Crippen LogP contribution in [0.5, 0.6) is 0 Å². The molecule has 1 saturated heterocycles. The van der Waals surface area contributed by atoms with E-state index in [-0.39, 0.29) is 5.41 Å². The number of hydrogen-bond acceptors (Lipinski definition) is 2. The fourth-order valence-corrected chi connectivity index (χ4v) is 1.46. The van der Waals surface area contributed by atoms with E-state index in [4.69, 9.17) is 10.00 Å². The molecule has 0 aromatic rings. The standard InChI is InChI=1S/C9H15NO/c1-2-3-4-9(7-10)5-6-11-8-9/h2-6,8H2,1H3. The van der Waals surface area contributed by atoms with Crippen LogP contribution in [0.4, 0.5) is 0 Å². The number of nitriles is 1. The molecule has 0 aromatic heterocycles. The molecule has 0 radical (unpaired) electrons. The molecule has 1 aliphatic rings. The van der Waals surface area contributed by atoms with Gasteiger partial charge in [0.05, 0.1) is 18.1 Å². The van der Waals surface area contributed by atoms with Gasteiger partial charge in [0.1, 0.15) is 0 Å². The number of hydrogen-bond donors (Lipinski definition) is 0. The van der Waals surface area contributed by atoms with Crippen molar-refractivity contribution in [2.75, 3.05) is 13.2 Å². The van der Waals surface area contributed by atoms with Gasteiger partial charge in [-0.2, -0.15) is 5.26 Å². The summed E-state index contributed by atoms with van der Waals surface area (Å²) in [6, 6.07) is 2.39. The molecule has 0 aliphatic carbocycles. The normalized spacial score (nSPS) is 30.2. The van der Waals surface area contributed by atoms with E-state index in [1.54, 1.807) is 0 Å². The minimum absolute atomic E-state index is 0.129. The smallest absolute Gasteiger partial charge is 0.0828 e. The van der Waals surface area contributed by atoms with E-state index >= 15 is 0 Å². The monoisotopic (exact) mass is 153 g/mol. The SMILES string of the molecule is CCCCC1(C#N)CCOC1. The Hall–Kier alpha value is -0.550. The van der Waals surface area contributed by atoms with Crippen molar-refractivity contribution >= 4 is 0 Å². The fraction of sp³-hybridized carbons (Fsp3) is 0.889. The highest BCUT2D eigenvalue weighted by atomic mass is 16.5. The first-order valence-electron chi connectivity index (χ1n) is 4.32. The lowest BCUT2D eigenvalue weighted by atomic mass is 9.84. The lowest BCUT2D eigenvalue weighted by Gasteiger charge is -2.16. The van der Waals surface area contributed by atoms with Crippen LogP contribution in [0.1, 0.15) is 32.6 Å². The van der Waals surface area contributed by atoms with Crippen LogP contribution in [-0.4, -0.2) is 13.2 Å². The fourth-order valence-electron chi connectivity index (χ4n) is 1.46. The highest BCUT2D eigenvalue weighted by Gasteiger charge is 2.33. The Morgan fingerprint density at radius 1 is 1.64 bits per heavy atom. The maximum absolute atomic E-state index is 8.91. The molecule has 0 saturated carbocycles. The zero-order valence-electron chi connectivity index (χ0n) is 7.10. The first kappa shape index (κ1) is 8.55. The maximum Gasteiger partial charge on any atom is 0.0828 e. The lowest BCUT2D eigenvalue weighted by molar-refractivity contribution is 0.167. The van der Waals surface area contributed by atoms with Gasteiger partial charge in [0, 0.05) is 6.61 Å². The number of nitrogens with zero attached hydrogens (tertiary/aromatic N) is 1. The van der Waals surface area contributed by atoms with Gasteiger partial charge < -0.3 is 4.74 Å². The van der Waals surface area contributed by atoms with Crippen molar-refractivity contribution in [3.8, 4) is 6.07 Å². The van der Waals surface area contributed by atoms with Crippen LogP contribution in [0.2, 0.25) is 0 Å². The van der Waals surface area contributed by atoms with Gasteiger partial charge in [-0.05, 0) is 12.8 Å². The molecule has 0 amide bonds. The Morgan fingerprint density at radius 2 is 2.45 bits per heavy atom. The van der Waals surface area contributed by atoms with Gasteiger partial charge >= 0.3 is 0 Å². The van der Waals surface area contributed by atoms with Crippen LogP contribution >= 0.6 is 0 Å². The van der Waals surface area contributed by atoms with E-state index < -0.39 is 0 Å². The van der Waals surface area contributed by atoms with Crippen LogP contribution in [0, 0.1) is 16.7 Å². The highest BCUT2D eigenvalue weighted by Crippen LogP contribution is 2.32. The summed E-state index contributed by atoms with van der Waals surface area (Å²) in [5, 5.41) is 8.91. The molecule has 1 unspecified atom stereocenters. The summed E-state index contributed by atoms with van der Waals surface area (Å²) in [4.78, 5) is 0. The van der Waals surface area contributed by atoms with Crippen molar-refractivity contribution in [1.82, 2.24) is 0 Å². The third kappa shape index (κ3) is 1.94. The minimum Gasteiger partial charge on any atom is -0.380 e. The molecule has 0 bridgehead atoms. The summed E-state index contributed by atoms with van der Waals surface area (Å²) in [6.07, 6.45) is 4.27. The molecule has 2 nitrogen and oxygen atoms in total. The predicted molar refractivity (Wildman–Crippen MR) is 43.0 cm³/mol. The number of rotatable bonds is 3. The maximum atomic E-state index is 8.91. The van der Waals surface area contributed by atoms with Crippen molar-refractivity contribution in [2.24, 2.45) is 5.41 Å². The molecule has 1 heterocycles. The molecule has 1 rings (SSSR count). The predicted octanol–water partition coefficient (Wildman–Crippen LogP) is 2.11. The topological polar surface area (TPSA) is 33.0 Å². The first-order chi connectivity index (χ1) is 5.33. The zero-order valence-corrected chi connectivity index (χ0v) is 7.10. The van der Waals surface area contributed by atoms with Gasteiger partial charge in [0.15, 0.2) is 0 Å². The molecule has 0 aromatic carbocycles. The molecular weight excluding hydrogens is 138 g/mol. The highest BCUT2D eigenvalue weighted by molar-refractivity contribution is 5.01. The quantitative estimate of drug-likeness (QED) is 0.622. The van der Waals surface area contributed by atoms with Crippen LogP contribution in [0.25, 0.3) is 0 Å². The first-order valence-corrected chi connectivity index (χ1v) is 4.32. The van der Waals surface area contributed by atoms with Gasteiger partial charge in [0.25, 0.3) is 0 Å². The molecular formula is C9H15NO. The molecule has 1 aliphatic heterocycles. The summed E-state index contributed by atoms with van der Waals surface area (Å²) in [5.41, 5.74) is -0.129. The van der Waals surface area contributed by atoms with Crippen LogP contribution in [0.15, 0.2) is 0 Å². The van der Waals surface area contributed by atoms with E-state index in [1.165, 1.54) is 6.42 Å². The molecule has 62 valence electrons. The second kappa shape index (κ2) is 3.73. The van der Waals surface area contributed by atoms with E-state index in [0.29, 0.717) is 6.61 Å². The Labute approximate surface area is 68.2 Å². The van der Waals surface area contributed by atoms with Crippen molar-refractivity contribution in [1.29, 1.82) is 5.26 Å². The Balaban J connectivity index is 2.41. The number of ether oxygens (including phenoxy) is 1. The zero-order chi connectivity index (χ0) is 8.16. The molecule has 0 N–H and O–H groups in total. The summed E-state index contributed by atoms with van der Waals surface area (Å²) in [5.74, 6) is 0. The summed E-state index contributed by atoms with van der Waals surface area (Å²) < 4.78 is 5.23. The molecule has 1 fully saturated rings. The van der Waals surface area contributed by atoms with Crippen LogP contribution < -0.4 is 0 Å². The molecule has 2 heteroatoms. The third-order valence-corrected chi connectivity index (χ3v) is 2.35. The Bertz CT molecular complexity index is 153. The van der Waals surface area contributed by atoms with Gasteiger partial charge in [0.2, 0.25) is 0 Å². The molecule has 11 heavy (non-hydrogen) atoms. The summed E-state index contributed by atoms with van der Waals surface area (Å²) in [7, 11) is 0. The van der Waals surface area contributed by atoms with Crippen LogP contribution in [-0.2, 0) is 4.74 Å². The third-order valence-electron chi connectivity index (χ3n) is 2.35. The van der Waals surface area contributed by atoms with Crippen molar-refractivity contribution in [3.63, 3.8) is 0 Å². The second-order valence-electron chi connectivity index (χ2n) is 3.30. The minimum atomic E-state index is -0.129. The van der Waals surface area contributed by atoms with Crippen LogP contribution in [0.3, 0.4) is 0 Å². The Kier molecular flexibility index (Phi) is 2.90. The largest absolute Gasteiger partial charge is 0.380 e. The van der Waals surface area contributed by atoms with Gasteiger partial charge in [-0.3, -0.25) is 0 Å². The van der Waals surface area contributed by atoms with E-state index in [9.17, 15) is 0 Å². The summed E-state index contributed by atoms with van der Waals surface area (Å²) in [6.45, 7) is 3.58. The van der Waals surface area contributed by atoms with E-state index in [0.717, 1.165) is 25.9 Å². The van der Waals surface area contributed by atoms with Crippen molar-refractivity contribution in [2.45, 2.75) is 32.6 Å². The van der Waals surface area contributed by atoms with Crippen molar-refractivity contribution in [3.05, 3.63) is 0 Å². The van der Waals surface area contributed by atoms with Gasteiger partial charge in [-0.15, -0.1) is 0 Å². The lowest BCUT2D eigenvalue weighted by Crippen LogP contribution is -2.17. The van der Waals surface area contributed by atoms with E-state index in [1.807, 2.05) is 0 Å². The van der Waals surface area contributed by atoms with Gasteiger partial charge in [-0.1, -0.05) is 19.8 Å². The van der Waals surface area contributed by atoms with Crippen molar-refractivity contribution < 1.29 is 4.74 Å². The van der Waals surface area contributed by atoms with E-state index in [2.05, 4.69) is 13.0 Å². The summed E-state index contributed by atoms with van der Waals surface area (Å²) >= 11 is 0. The molecule has 1 atom stereocenters. The number of unbranched alkanes of at least 4 members (excludes halogenated alkanes) is 1. The second-order valence-corrected chi connectivity index (χ2v) is 3.30. The average Bonchev–Trinajstić information content (AvgIpc) is 2.50.